The highest BCUT2D eigenvalue weighted by Gasteiger charge is 2.14. The smallest absolute Gasteiger partial charge is 0.291 e. The Bertz CT molecular complexity index is 1030. The van der Waals surface area contributed by atoms with Crippen molar-refractivity contribution in [3.8, 4) is 5.75 Å². The van der Waals surface area contributed by atoms with Crippen molar-refractivity contribution in [3.63, 3.8) is 0 Å². The lowest BCUT2D eigenvalue weighted by Gasteiger charge is -2.16. The first-order valence-electron chi connectivity index (χ1n) is 9.56. The molecule has 30 heavy (non-hydrogen) atoms. The lowest BCUT2D eigenvalue weighted by Crippen LogP contribution is -2.26. The van der Waals surface area contributed by atoms with Crippen LogP contribution in [0.25, 0.3) is 0 Å². The zero-order valence-corrected chi connectivity index (χ0v) is 18.5. The molecule has 1 unspecified atom stereocenters. The molecular formula is C23H23BrN2O4. The van der Waals surface area contributed by atoms with E-state index in [-0.39, 0.29) is 23.8 Å². The Balaban J connectivity index is 1.63. The van der Waals surface area contributed by atoms with Gasteiger partial charge in [0.2, 0.25) is 0 Å². The van der Waals surface area contributed by atoms with Gasteiger partial charge in [-0.05, 0) is 84.7 Å². The van der Waals surface area contributed by atoms with Crippen molar-refractivity contribution in [2.75, 3.05) is 5.32 Å². The van der Waals surface area contributed by atoms with Crippen molar-refractivity contribution in [3.05, 3.63) is 82.2 Å². The summed E-state index contributed by atoms with van der Waals surface area (Å²) in [5.41, 5.74) is 1.91. The number of benzene rings is 2. The van der Waals surface area contributed by atoms with Gasteiger partial charge in [-0.15, -0.1) is 0 Å². The summed E-state index contributed by atoms with van der Waals surface area (Å²) < 4.78 is 11.4. The normalized spacial score (nSPS) is 11.8. The van der Waals surface area contributed by atoms with E-state index in [9.17, 15) is 9.59 Å². The maximum atomic E-state index is 12.7. The van der Waals surface area contributed by atoms with Crippen molar-refractivity contribution < 1.29 is 18.7 Å². The highest BCUT2D eigenvalue weighted by molar-refractivity contribution is 9.10. The van der Waals surface area contributed by atoms with E-state index in [0.29, 0.717) is 15.9 Å². The van der Waals surface area contributed by atoms with Crippen molar-refractivity contribution in [1.82, 2.24) is 5.32 Å². The van der Waals surface area contributed by atoms with Gasteiger partial charge in [0, 0.05) is 11.3 Å². The molecule has 2 N–H and O–H groups in total. The summed E-state index contributed by atoms with van der Waals surface area (Å²) in [6.45, 7) is 5.86. The minimum Gasteiger partial charge on any atom is -0.491 e. The molecule has 0 fully saturated rings. The van der Waals surface area contributed by atoms with Gasteiger partial charge in [0.15, 0.2) is 10.4 Å². The van der Waals surface area contributed by atoms with Gasteiger partial charge >= 0.3 is 0 Å². The van der Waals surface area contributed by atoms with E-state index in [1.54, 1.807) is 36.4 Å². The predicted octanol–water partition coefficient (Wildman–Crippen LogP) is 5.57. The minimum atomic E-state index is -0.393. The molecule has 0 aliphatic carbocycles. The summed E-state index contributed by atoms with van der Waals surface area (Å²) in [7, 11) is 0. The first kappa shape index (κ1) is 21.6. The molecule has 3 aromatic rings. The Morgan fingerprint density at radius 3 is 2.33 bits per heavy atom. The second-order valence-corrected chi connectivity index (χ2v) is 7.85. The molecule has 0 saturated heterocycles. The SMILES string of the molecule is CC(C)Oc1ccc(C(C)NC(=O)c2cccc(NC(=O)c3ccc(Br)o3)c2)cc1. The van der Waals surface area contributed by atoms with E-state index in [1.807, 2.05) is 45.0 Å². The summed E-state index contributed by atoms with van der Waals surface area (Å²) in [4.78, 5) is 24.9. The average Bonchev–Trinajstić information content (AvgIpc) is 3.15. The fraction of sp³-hybridized carbons (Fsp3) is 0.217. The fourth-order valence-electron chi connectivity index (χ4n) is 2.84. The summed E-state index contributed by atoms with van der Waals surface area (Å²) >= 11 is 3.17. The van der Waals surface area contributed by atoms with E-state index in [0.717, 1.165) is 11.3 Å². The fourth-order valence-corrected chi connectivity index (χ4v) is 3.14. The zero-order chi connectivity index (χ0) is 21.7. The number of hydrogen-bond acceptors (Lipinski definition) is 4. The largest absolute Gasteiger partial charge is 0.491 e. The molecular weight excluding hydrogens is 448 g/mol. The van der Waals surface area contributed by atoms with E-state index in [4.69, 9.17) is 9.15 Å². The lowest BCUT2D eigenvalue weighted by molar-refractivity contribution is 0.0938. The number of anilines is 1. The number of rotatable bonds is 7. The van der Waals surface area contributed by atoms with Gasteiger partial charge < -0.3 is 19.8 Å². The van der Waals surface area contributed by atoms with Crippen LogP contribution in [0.2, 0.25) is 0 Å². The Kier molecular flexibility index (Phi) is 6.95. The van der Waals surface area contributed by atoms with Crippen LogP contribution >= 0.6 is 15.9 Å². The minimum absolute atomic E-state index is 0.107. The first-order valence-corrected chi connectivity index (χ1v) is 10.4. The standard InChI is InChI=1S/C23H23BrN2O4/c1-14(2)29-19-9-7-16(8-10-19)15(3)25-22(27)17-5-4-6-18(13-17)26-23(28)20-11-12-21(24)30-20/h4-15H,1-3H3,(H,25,27)(H,26,28). The van der Waals surface area contributed by atoms with E-state index < -0.39 is 5.91 Å². The quantitative estimate of drug-likeness (QED) is 0.472. The van der Waals surface area contributed by atoms with Gasteiger partial charge in [-0.2, -0.15) is 0 Å². The van der Waals surface area contributed by atoms with Crippen LogP contribution < -0.4 is 15.4 Å². The van der Waals surface area contributed by atoms with Crippen LogP contribution in [0.3, 0.4) is 0 Å². The van der Waals surface area contributed by atoms with Crippen LogP contribution in [0.15, 0.2) is 69.8 Å². The van der Waals surface area contributed by atoms with E-state index in [2.05, 4.69) is 26.6 Å². The molecule has 0 aliphatic heterocycles. The number of hydrogen-bond donors (Lipinski definition) is 2. The monoisotopic (exact) mass is 470 g/mol. The first-order chi connectivity index (χ1) is 14.3. The molecule has 1 heterocycles. The van der Waals surface area contributed by atoms with Crippen molar-refractivity contribution in [2.45, 2.75) is 32.9 Å². The maximum Gasteiger partial charge on any atom is 0.291 e. The number of carbonyl (C=O) groups is 2. The molecule has 156 valence electrons. The molecule has 0 radical (unpaired) electrons. The molecule has 2 aromatic carbocycles. The highest BCUT2D eigenvalue weighted by Crippen LogP contribution is 2.20. The highest BCUT2D eigenvalue weighted by atomic mass is 79.9. The van der Waals surface area contributed by atoms with Gasteiger partial charge in [0.25, 0.3) is 11.8 Å². The second-order valence-electron chi connectivity index (χ2n) is 7.07. The molecule has 6 nitrogen and oxygen atoms in total. The molecule has 1 aromatic heterocycles. The summed E-state index contributed by atoms with van der Waals surface area (Å²) in [5.74, 6) is 0.340. The van der Waals surface area contributed by atoms with Crippen molar-refractivity contribution >= 4 is 33.4 Å². The molecule has 0 bridgehead atoms. The summed E-state index contributed by atoms with van der Waals surface area (Å²) in [6, 6.07) is 17.4. The third-order valence-electron chi connectivity index (χ3n) is 4.28. The molecule has 1 atom stereocenters. The Morgan fingerprint density at radius 1 is 0.967 bits per heavy atom. The summed E-state index contributed by atoms with van der Waals surface area (Å²) in [6.07, 6.45) is 0.107. The van der Waals surface area contributed by atoms with Gasteiger partial charge in [-0.3, -0.25) is 9.59 Å². The second kappa shape index (κ2) is 9.63. The lowest BCUT2D eigenvalue weighted by atomic mass is 10.1. The van der Waals surface area contributed by atoms with Crippen LogP contribution in [-0.4, -0.2) is 17.9 Å². The van der Waals surface area contributed by atoms with Crippen LogP contribution in [0, 0.1) is 0 Å². The molecule has 0 saturated carbocycles. The van der Waals surface area contributed by atoms with Gasteiger partial charge in [0.05, 0.1) is 12.1 Å². The number of nitrogens with one attached hydrogen (secondary N) is 2. The topological polar surface area (TPSA) is 80.6 Å². The number of carbonyl (C=O) groups excluding carboxylic acids is 2. The predicted molar refractivity (Wildman–Crippen MR) is 119 cm³/mol. The molecule has 0 spiro atoms. The maximum absolute atomic E-state index is 12.7. The zero-order valence-electron chi connectivity index (χ0n) is 16.9. The molecule has 2 amide bonds. The molecule has 3 rings (SSSR count). The third kappa shape index (κ3) is 5.73. The average molecular weight is 471 g/mol. The van der Waals surface area contributed by atoms with Crippen molar-refractivity contribution in [1.29, 1.82) is 0 Å². The van der Waals surface area contributed by atoms with Crippen LogP contribution in [0.4, 0.5) is 5.69 Å². The number of amides is 2. The Hall–Kier alpha value is -3.06. The van der Waals surface area contributed by atoms with Crippen LogP contribution in [0.1, 0.15) is 53.3 Å². The van der Waals surface area contributed by atoms with Crippen LogP contribution in [0.5, 0.6) is 5.75 Å². The van der Waals surface area contributed by atoms with Gasteiger partial charge in [0.1, 0.15) is 5.75 Å². The number of ether oxygens (including phenoxy) is 1. The number of halogens is 1. The van der Waals surface area contributed by atoms with Gasteiger partial charge in [-0.1, -0.05) is 18.2 Å². The van der Waals surface area contributed by atoms with E-state index in [1.165, 1.54) is 0 Å². The third-order valence-corrected chi connectivity index (χ3v) is 4.71. The van der Waals surface area contributed by atoms with Crippen molar-refractivity contribution in [2.24, 2.45) is 0 Å². The van der Waals surface area contributed by atoms with E-state index >= 15 is 0 Å². The van der Waals surface area contributed by atoms with Crippen LogP contribution in [-0.2, 0) is 0 Å². The summed E-state index contributed by atoms with van der Waals surface area (Å²) in [5, 5.41) is 5.70. The Morgan fingerprint density at radius 2 is 1.70 bits per heavy atom. The number of furan rings is 1. The van der Waals surface area contributed by atoms with Gasteiger partial charge in [-0.25, -0.2) is 0 Å². The Labute approximate surface area is 183 Å². The molecule has 0 aliphatic rings. The molecule has 7 heteroatoms.